The van der Waals surface area contributed by atoms with Gasteiger partial charge in [-0.1, -0.05) is 41.9 Å². The summed E-state index contributed by atoms with van der Waals surface area (Å²) in [4.78, 5) is 0.111. The molecule has 0 unspecified atom stereocenters. The van der Waals surface area contributed by atoms with E-state index in [4.69, 9.17) is 23.4 Å². The first-order chi connectivity index (χ1) is 8.53. The third kappa shape index (κ3) is 2.46. The number of halogens is 2. The summed E-state index contributed by atoms with van der Waals surface area (Å²) in [5.74, 6) is 0. The highest BCUT2D eigenvalue weighted by Crippen LogP contribution is 2.31. The summed E-state index contributed by atoms with van der Waals surface area (Å²) in [6.07, 6.45) is 0. The fourth-order valence-corrected chi connectivity index (χ4v) is 3.21. The molecule has 0 heterocycles. The highest BCUT2D eigenvalue weighted by atomic mass is 35.5. The number of anilines is 1. The van der Waals surface area contributed by atoms with Crippen LogP contribution in [0.2, 0.25) is 5.02 Å². The minimum atomic E-state index is -3.80. The summed E-state index contributed by atoms with van der Waals surface area (Å²) in [6, 6.07) is 14.4. The molecule has 0 fully saturated rings. The van der Waals surface area contributed by atoms with Crippen LogP contribution in [-0.2, 0) is 10.0 Å². The summed E-state index contributed by atoms with van der Waals surface area (Å²) >= 11 is 11.8. The highest BCUT2D eigenvalue weighted by Gasteiger charge is 2.24. The molecule has 0 saturated heterocycles. The molecule has 0 aliphatic heterocycles. The van der Waals surface area contributed by atoms with Gasteiger partial charge >= 0.3 is 0 Å². The van der Waals surface area contributed by atoms with Gasteiger partial charge in [0.15, 0.2) is 0 Å². The standard InChI is InChI=1S/C12H9Cl2NO2S/c13-11-8-4-5-9-12(11)15(14)18(16,17)10-6-2-1-3-7-10/h1-9H. The fraction of sp³-hybridized carbons (Fsp3) is 0. The van der Waals surface area contributed by atoms with Crippen LogP contribution in [0.1, 0.15) is 0 Å². The number of sulfonamides is 1. The zero-order valence-electron chi connectivity index (χ0n) is 9.12. The van der Waals surface area contributed by atoms with Gasteiger partial charge in [0.25, 0.3) is 10.0 Å². The van der Waals surface area contributed by atoms with Crippen LogP contribution in [0.5, 0.6) is 0 Å². The lowest BCUT2D eigenvalue weighted by molar-refractivity contribution is 0.598. The Labute approximate surface area is 116 Å². The van der Waals surface area contributed by atoms with Gasteiger partial charge in [0.2, 0.25) is 0 Å². The van der Waals surface area contributed by atoms with Crippen LogP contribution in [0.4, 0.5) is 5.69 Å². The van der Waals surface area contributed by atoms with E-state index in [1.807, 2.05) is 0 Å². The zero-order chi connectivity index (χ0) is 13.2. The molecule has 18 heavy (non-hydrogen) atoms. The summed E-state index contributed by atoms with van der Waals surface area (Å²) in [7, 11) is -3.80. The van der Waals surface area contributed by atoms with Gasteiger partial charge in [-0.15, -0.1) is 0 Å². The van der Waals surface area contributed by atoms with Gasteiger partial charge in [0.1, 0.15) is 0 Å². The Balaban J connectivity index is 2.47. The molecule has 0 bridgehead atoms. The molecule has 0 radical (unpaired) electrons. The number of hydrogen-bond acceptors (Lipinski definition) is 2. The Morgan fingerprint density at radius 2 is 1.44 bits per heavy atom. The van der Waals surface area contributed by atoms with Crippen molar-refractivity contribution in [2.45, 2.75) is 4.90 Å². The van der Waals surface area contributed by atoms with Crippen molar-refractivity contribution in [1.82, 2.24) is 0 Å². The Morgan fingerprint density at radius 3 is 2.06 bits per heavy atom. The third-order valence-corrected chi connectivity index (χ3v) is 4.83. The normalized spacial score (nSPS) is 11.2. The van der Waals surface area contributed by atoms with E-state index >= 15 is 0 Å². The smallest absolute Gasteiger partial charge is 0.200 e. The number of benzene rings is 2. The Morgan fingerprint density at radius 1 is 0.889 bits per heavy atom. The fourth-order valence-electron chi connectivity index (χ4n) is 1.41. The van der Waals surface area contributed by atoms with Gasteiger partial charge in [-0.2, -0.15) is 12.2 Å². The Hall–Kier alpha value is -1.23. The molecular weight excluding hydrogens is 293 g/mol. The molecule has 2 aromatic carbocycles. The van der Waals surface area contributed by atoms with Gasteiger partial charge in [-0.3, -0.25) is 0 Å². The number of hydrogen-bond donors (Lipinski definition) is 0. The van der Waals surface area contributed by atoms with Gasteiger partial charge in [-0.05, 0) is 24.3 Å². The second-order valence-corrected chi connectivity index (χ2v) is 6.22. The first-order valence-corrected chi connectivity index (χ1v) is 7.20. The molecule has 0 atom stereocenters. The predicted molar refractivity (Wildman–Crippen MR) is 73.4 cm³/mol. The van der Waals surface area contributed by atoms with Crippen molar-refractivity contribution in [3.63, 3.8) is 0 Å². The molecule has 94 valence electrons. The lowest BCUT2D eigenvalue weighted by Crippen LogP contribution is -2.21. The molecular formula is C12H9Cl2NO2S. The molecule has 2 aromatic rings. The Kier molecular flexibility index (Phi) is 3.80. The minimum absolute atomic E-state index is 0.111. The van der Waals surface area contributed by atoms with E-state index in [0.717, 1.165) is 0 Å². The van der Waals surface area contributed by atoms with Gasteiger partial charge in [-0.25, -0.2) is 0 Å². The van der Waals surface area contributed by atoms with E-state index in [-0.39, 0.29) is 15.6 Å². The first kappa shape index (κ1) is 13.2. The number of nitrogens with zero attached hydrogens (tertiary/aromatic N) is 1. The van der Waals surface area contributed by atoms with Crippen LogP contribution in [0.15, 0.2) is 59.5 Å². The third-order valence-electron chi connectivity index (χ3n) is 2.29. The average molecular weight is 302 g/mol. The molecule has 0 spiro atoms. The zero-order valence-corrected chi connectivity index (χ0v) is 11.5. The van der Waals surface area contributed by atoms with Crippen molar-refractivity contribution >= 4 is 39.1 Å². The molecule has 0 N–H and O–H groups in total. The topological polar surface area (TPSA) is 37.4 Å². The van der Waals surface area contributed by atoms with Gasteiger partial charge in [0, 0.05) is 11.8 Å². The number of rotatable bonds is 3. The Bertz CT molecular complexity index is 644. The van der Waals surface area contributed by atoms with Crippen molar-refractivity contribution < 1.29 is 8.42 Å². The van der Waals surface area contributed by atoms with Crippen LogP contribution in [-0.4, -0.2) is 8.42 Å². The van der Waals surface area contributed by atoms with E-state index in [2.05, 4.69) is 0 Å². The van der Waals surface area contributed by atoms with E-state index in [1.54, 1.807) is 36.4 Å². The van der Waals surface area contributed by atoms with E-state index in [0.29, 0.717) is 3.82 Å². The summed E-state index contributed by atoms with van der Waals surface area (Å²) in [5.41, 5.74) is 0.227. The molecule has 0 saturated carbocycles. The monoisotopic (exact) mass is 301 g/mol. The van der Waals surface area contributed by atoms with Crippen LogP contribution < -0.4 is 3.82 Å². The molecule has 6 heteroatoms. The lowest BCUT2D eigenvalue weighted by atomic mass is 10.3. The molecule has 3 nitrogen and oxygen atoms in total. The largest absolute Gasteiger partial charge is 0.278 e. The highest BCUT2D eigenvalue weighted by molar-refractivity contribution is 7.94. The van der Waals surface area contributed by atoms with E-state index < -0.39 is 10.0 Å². The van der Waals surface area contributed by atoms with Crippen LogP contribution >= 0.6 is 23.4 Å². The summed E-state index contributed by atoms with van der Waals surface area (Å²) in [6.45, 7) is 0. The maximum atomic E-state index is 12.2. The van der Waals surface area contributed by atoms with Gasteiger partial charge in [0.05, 0.1) is 15.6 Å². The maximum Gasteiger partial charge on any atom is 0.278 e. The van der Waals surface area contributed by atoms with Crippen molar-refractivity contribution in [2.75, 3.05) is 3.82 Å². The number of para-hydroxylation sites is 1. The summed E-state index contributed by atoms with van der Waals surface area (Å²) in [5, 5.41) is 0.270. The van der Waals surface area contributed by atoms with Crippen LogP contribution in [0.25, 0.3) is 0 Å². The van der Waals surface area contributed by atoms with Crippen LogP contribution in [0, 0.1) is 0 Å². The molecule has 0 amide bonds. The second-order valence-electron chi connectivity index (χ2n) is 3.48. The van der Waals surface area contributed by atoms with E-state index in [9.17, 15) is 8.42 Å². The van der Waals surface area contributed by atoms with Crippen molar-refractivity contribution in [2.24, 2.45) is 0 Å². The quantitative estimate of drug-likeness (QED) is 0.811. The molecule has 2 rings (SSSR count). The first-order valence-electron chi connectivity index (χ1n) is 5.04. The SMILES string of the molecule is O=S(=O)(c1ccccc1)N(Cl)c1ccccc1Cl. The van der Waals surface area contributed by atoms with E-state index in [1.165, 1.54) is 18.2 Å². The van der Waals surface area contributed by atoms with Gasteiger partial charge < -0.3 is 0 Å². The molecule has 0 aliphatic rings. The minimum Gasteiger partial charge on any atom is -0.200 e. The average Bonchev–Trinajstić information content (AvgIpc) is 2.39. The lowest BCUT2D eigenvalue weighted by Gasteiger charge is -2.17. The summed E-state index contributed by atoms with van der Waals surface area (Å²) < 4.78 is 25.1. The maximum absolute atomic E-state index is 12.2. The van der Waals surface area contributed by atoms with Crippen molar-refractivity contribution in [1.29, 1.82) is 0 Å². The second kappa shape index (κ2) is 5.18. The predicted octanol–water partition coefficient (Wildman–Crippen LogP) is 3.69. The van der Waals surface area contributed by atoms with Crippen molar-refractivity contribution in [3.8, 4) is 0 Å². The van der Waals surface area contributed by atoms with Crippen molar-refractivity contribution in [3.05, 3.63) is 59.6 Å². The molecule has 0 aliphatic carbocycles. The van der Waals surface area contributed by atoms with Crippen LogP contribution in [0.3, 0.4) is 0 Å². The molecule has 0 aromatic heterocycles.